The average molecular weight is 438 g/mol. The van der Waals surface area contributed by atoms with Gasteiger partial charge in [0.2, 0.25) is 0 Å². The number of aryl methyl sites for hydroxylation is 1. The molecule has 26 heavy (non-hydrogen) atoms. The van der Waals surface area contributed by atoms with E-state index in [9.17, 15) is 8.42 Å². The molecule has 3 atom stereocenters. The second-order valence-electron chi connectivity index (χ2n) is 6.88. The first-order chi connectivity index (χ1) is 12.4. The maximum Gasteiger partial charge on any atom is 0.182 e. The van der Waals surface area contributed by atoms with Crippen molar-refractivity contribution < 1.29 is 13.2 Å². The summed E-state index contributed by atoms with van der Waals surface area (Å²) in [5.41, 5.74) is 7.53. The Morgan fingerprint density at radius 3 is 2.27 bits per heavy atom. The average Bonchev–Trinajstić information content (AvgIpc) is 3.31. The first-order valence-corrected chi connectivity index (χ1v) is 11.0. The zero-order chi connectivity index (χ0) is 18.9. The molecule has 1 aliphatic carbocycles. The Labute approximate surface area is 163 Å². The van der Waals surface area contributed by atoms with Crippen LogP contribution in [-0.4, -0.2) is 33.4 Å². The van der Waals surface area contributed by atoms with Crippen LogP contribution in [0.4, 0.5) is 0 Å². The fourth-order valence-electron chi connectivity index (χ4n) is 3.76. The Kier molecular flexibility index (Phi) is 5.58. The minimum absolute atomic E-state index is 0.168. The molecule has 1 saturated carbocycles. The van der Waals surface area contributed by atoms with Crippen LogP contribution >= 0.6 is 15.9 Å². The van der Waals surface area contributed by atoms with Gasteiger partial charge < -0.3 is 10.5 Å². The van der Waals surface area contributed by atoms with Crippen LogP contribution in [0.25, 0.3) is 0 Å². The topological polar surface area (TPSA) is 69.4 Å². The van der Waals surface area contributed by atoms with Gasteiger partial charge in [-0.15, -0.1) is 0 Å². The molecule has 0 bridgehead atoms. The van der Waals surface area contributed by atoms with E-state index in [0.717, 1.165) is 15.6 Å². The Morgan fingerprint density at radius 1 is 1.12 bits per heavy atom. The van der Waals surface area contributed by atoms with Crippen molar-refractivity contribution in [2.75, 3.05) is 19.8 Å². The molecule has 0 spiro atoms. The van der Waals surface area contributed by atoms with Crippen molar-refractivity contribution in [3.63, 3.8) is 0 Å². The van der Waals surface area contributed by atoms with Gasteiger partial charge in [-0.3, -0.25) is 0 Å². The summed E-state index contributed by atoms with van der Waals surface area (Å²) in [5, 5.41) is -0.574. The lowest BCUT2D eigenvalue weighted by Gasteiger charge is -2.16. The van der Waals surface area contributed by atoms with Crippen LogP contribution < -0.4 is 5.73 Å². The molecule has 0 heterocycles. The number of ether oxygens (including phenoxy) is 1. The van der Waals surface area contributed by atoms with Crippen LogP contribution in [0.15, 0.2) is 57.9 Å². The molecule has 4 nitrogen and oxygen atoms in total. The van der Waals surface area contributed by atoms with Gasteiger partial charge in [-0.1, -0.05) is 45.8 Å². The summed E-state index contributed by atoms with van der Waals surface area (Å²) in [6.07, 6.45) is 0. The molecule has 6 heteroatoms. The smallest absolute Gasteiger partial charge is 0.182 e. The van der Waals surface area contributed by atoms with E-state index in [1.54, 1.807) is 12.1 Å². The van der Waals surface area contributed by atoms with Crippen LogP contribution in [0.5, 0.6) is 0 Å². The summed E-state index contributed by atoms with van der Waals surface area (Å²) in [6, 6.07) is 14.8. The Morgan fingerprint density at radius 2 is 1.73 bits per heavy atom. The quantitative estimate of drug-likeness (QED) is 0.716. The molecule has 0 unspecified atom stereocenters. The largest absolute Gasteiger partial charge is 0.381 e. The Balaban J connectivity index is 2.03. The van der Waals surface area contributed by atoms with Gasteiger partial charge in [0.25, 0.3) is 0 Å². The Hall–Kier alpha value is -1.21. The lowest BCUT2D eigenvalue weighted by Crippen LogP contribution is -2.29. The normalized spacial score (nSPS) is 25.2. The molecular weight excluding hydrogens is 414 g/mol. The van der Waals surface area contributed by atoms with Crippen LogP contribution in [0, 0.1) is 12.3 Å². The van der Waals surface area contributed by atoms with E-state index < -0.39 is 20.5 Å². The van der Waals surface area contributed by atoms with Crippen molar-refractivity contribution in [2.24, 2.45) is 11.1 Å². The van der Waals surface area contributed by atoms with Crippen molar-refractivity contribution in [1.29, 1.82) is 0 Å². The summed E-state index contributed by atoms with van der Waals surface area (Å²) in [7, 11) is -3.51. The molecule has 0 amide bonds. The molecule has 2 N–H and O–H groups in total. The highest BCUT2D eigenvalue weighted by atomic mass is 79.9. The predicted octanol–water partition coefficient (Wildman–Crippen LogP) is 3.68. The molecule has 1 fully saturated rings. The minimum Gasteiger partial charge on any atom is -0.381 e. The number of hydrogen-bond donors (Lipinski definition) is 1. The Bertz CT molecular complexity index is 865. The third-order valence-electron chi connectivity index (χ3n) is 5.25. The molecule has 0 saturated heterocycles. The van der Waals surface area contributed by atoms with Crippen LogP contribution in [0.1, 0.15) is 24.0 Å². The second kappa shape index (κ2) is 7.43. The molecule has 3 rings (SSSR count). The zero-order valence-corrected chi connectivity index (χ0v) is 17.4. The molecule has 0 aliphatic heterocycles. The molecule has 2 aromatic carbocycles. The highest BCUT2D eigenvalue weighted by molar-refractivity contribution is 9.10. The zero-order valence-electron chi connectivity index (χ0n) is 15.0. The van der Waals surface area contributed by atoms with Gasteiger partial charge in [0.15, 0.2) is 9.84 Å². The number of hydrogen-bond acceptors (Lipinski definition) is 4. The number of sulfone groups is 1. The van der Waals surface area contributed by atoms with Gasteiger partial charge in [-0.2, -0.15) is 0 Å². The predicted molar refractivity (Wildman–Crippen MR) is 107 cm³/mol. The van der Waals surface area contributed by atoms with Crippen LogP contribution in [-0.2, 0) is 14.6 Å². The van der Waals surface area contributed by atoms with Crippen molar-refractivity contribution >= 4 is 25.8 Å². The van der Waals surface area contributed by atoms with E-state index in [0.29, 0.717) is 18.1 Å². The summed E-state index contributed by atoms with van der Waals surface area (Å²) in [5.74, 6) is -0.168. The number of halogens is 1. The maximum absolute atomic E-state index is 13.4. The van der Waals surface area contributed by atoms with E-state index in [2.05, 4.69) is 15.9 Å². The SMILES string of the molecule is CCOC[C@@]1(CN)[C@@H](c2ccc(Br)cc2)[C@@H]1S(=O)(=O)c1ccc(C)cc1. The summed E-state index contributed by atoms with van der Waals surface area (Å²) >= 11 is 3.43. The van der Waals surface area contributed by atoms with Gasteiger partial charge in [0, 0.05) is 29.0 Å². The number of rotatable bonds is 7. The first-order valence-electron chi connectivity index (χ1n) is 8.70. The molecular formula is C20H24BrNO3S. The number of benzene rings is 2. The maximum atomic E-state index is 13.4. The molecule has 0 radical (unpaired) electrons. The summed E-state index contributed by atoms with van der Waals surface area (Å²) < 4.78 is 33.4. The fourth-order valence-corrected chi connectivity index (χ4v) is 6.47. The van der Waals surface area contributed by atoms with Gasteiger partial charge in [0.1, 0.15) is 0 Å². The molecule has 0 aromatic heterocycles. The minimum atomic E-state index is -3.51. The van der Waals surface area contributed by atoms with Crippen molar-refractivity contribution in [2.45, 2.75) is 29.9 Å². The summed E-state index contributed by atoms with van der Waals surface area (Å²) in [4.78, 5) is 0.349. The van der Waals surface area contributed by atoms with E-state index in [-0.39, 0.29) is 12.5 Å². The molecule has 1 aliphatic rings. The lowest BCUT2D eigenvalue weighted by atomic mass is 10.00. The molecule has 140 valence electrons. The van der Waals surface area contributed by atoms with Gasteiger partial charge in [0.05, 0.1) is 16.8 Å². The van der Waals surface area contributed by atoms with Gasteiger partial charge in [-0.05, 0) is 43.7 Å². The van der Waals surface area contributed by atoms with Crippen LogP contribution in [0.2, 0.25) is 0 Å². The third kappa shape index (κ3) is 3.36. The summed E-state index contributed by atoms with van der Waals surface area (Å²) in [6.45, 7) is 4.99. The van der Waals surface area contributed by atoms with Crippen LogP contribution in [0.3, 0.4) is 0 Å². The van der Waals surface area contributed by atoms with E-state index in [4.69, 9.17) is 10.5 Å². The molecule has 2 aromatic rings. The third-order valence-corrected chi connectivity index (χ3v) is 8.12. The van der Waals surface area contributed by atoms with Gasteiger partial charge >= 0.3 is 0 Å². The fraction of sp³-hybridized carbons (Fsp3) is 0.400. The monoisotopic (exact) mass is 437 g/mol. The van der Waals surface area contributed by atoms with E-state index in [1.807, 2.05) is 50.2 Å². The van der Waals surface area contributed by atoms with Crippen molar-refractivity contribution in [3.05, 3.63) is 64.1 Å². The lowest BCUT2D eigenvalue weighted by molar-refractivity contribution is 0.101. The highest BCUT2D eigenvalue weighted by Gasteiger charge is 2.70. The second-order valence-corrected chi connectivity index (χ2v) is 9.87. The highest BCUT2D eigenvalue weighted by Crippen LogP contribution is 2.63. The van der Waals surface area contributed by atoms with Gasteiger partial charge in [-0.25, -0.2) is 8.42 Å². The van der Waals surface area contributed by atoms with E-state index >= 15 is 0 Å². The van der Waals surface area contributed by atoms with E-state index in [1.165, 1.54) is 0 Å². The number of nitrogens with two attached hydrogens (primary N) is 1. The standard InChI is InChI=1S/C20H24BrNO3S/c1-3-25-13-20(12-22)18(15-6-8-16(21)9-7-15)19(20)26(23,24)17-10-4-14(2)5-11-17/h4-11,18-19H,3,12-13,22H2,1-2H3/t18-,19-,20-/m0/s1. The first kappa shape index (κ1) is 19.5. The van der Waals surface area contributed by atoms with Crippen molar-refractivity contribution in [1.82, 2.24) is 0 Å². The van der Waals surface area contributed by atoms with Crippen molar-refractivity contribution in [3.8, 4) is 0 Å².